The summed E-state index contributed by atoms with van der Waals surface area (Å²) in [7, 11) is 0. The monoisotopic (exact) mass is 456 g/mol. The standard InChI is InChI=1S/C13H9Br2Cl2FN2O/c1-5(21-9-2-6(14)4-20-13(9)19)10-11(16)7(15)3-8(18)12(10)17/h2-5H,1H3,(H2,19,20). The minimum atomic E-state index is -0.615. The molecule has 0 saturated carbocycles. The van der Waals surface area contributed by atoms with E-state index in [0.717, 1.165) is 0 Å². The lowest BCUT2D eigenvalue weighted by molar-refractivity contribution is 0.227. The second-order valence-corrected chi connectivity index (χ2v) is 6.70. The number of hydrogen-bond acceptors (Lipinski definition) is 3. The highest BCUT2D eigenvalue weighted by molar-refractivity contribution is 9.10. The van der Waals surface area contributed by atoms with E-state index in [4.69, 9.17) is 33.7 Å². The van der Waals surface area contributed by atoms with Crippen LogP contribution < -0.4 is 10.5 Å². The van der Waals surface area contributed by atoms with Crippen LogP contribution in [0.15, 0.2) is 27.3 Å². The number of benzene rings is 1. The maximum Gasteiger partial charge on any atom is 0.166 e. The number of anilines is 1. The molecule has 1 heterocycles. The third kappa shape index (κ3) is 3.62. The highest BCUT2D eigenvalue weighted by atomic mass is 79.9. The molecule has 2 rings (SSSR count). The number of nitrogens with zero attached hydrogens (tertiary/aromatic N) is 1. The Labute approximate surface area is 147 Å². The Morgan fingerprint density at radius 1 is 1.29 bits per heavy atom. The summed E-state index contributed by atoms with van der Waals surface area (Å²) in [5.41, 5.74) is 6.08. The molecule has 0 amide bonds. The lowest BCUT2D eigenvalue weighted by Gasteiger charge is -2.19. The Balaban J connectivity index is 2.41. The van der Waals surface area contributed by atoms with E-state index in [1.165, 1.54) is 6.07 Å². The second-order valence-electron chi connectivity index (χ2n) is 4.18. The largest absolute Gasteiger partial charge is 0.482 e. The van der Waals surface area contributed by atoms with Gasteiger partial charge in [-0.15, -0.1) is 0 Å². The number of aromatic nitrogens is 1. The summed E-state index contributed by atoms with van der Waals surface area (Å²) in [4.78, 5) is 3.96. The van der Waals surface area contributed by atoms with Gasteiger partial charge in [-0.25, -0.2) is 9.37 Å². The minimum absolute atomic E-state index is 0.0859. The number of halogens is 5. The molecule has 2 aromatic rings. The predicted molar refractivity (Wildman–Crippen MR) is 89.5 cm³/mol. The summed E-state index contributed by atoms with van der Waals surface area (Å²) in [6, 6.07) is 2.87. The van der Waals surface area contributed by atoms with Crippen LogP contribution >= 0.6 is 55.1 Å². The van der Waals surface area contributed by atoms with Crippen LogP contribution in [0, 0.1) is 5.82 Å². The summed E-state index contributed by atoms with van der Waals surface area (Å²) in [5.74, 6) is -0.0177. The van der Waals surface area contributed by atoms with Crippen molar-refractivity contribution in [3.05, 3.63) is 48.7 Å². The zero-order valence-corrected chi connectivity index (χ0v) is 15.3. The van der Waals surface area contributed by atoms with Gasteiger partial charge in [0.2, 0.25) is 0 Å². The predicted octanol–water partition coefficient (Wildman–Crippen LogP) is 5.77. The first-order valence-corrected chi connectivity index (χ1v) is 8.06. The van der Waals surface area contributed by atoms with Crippen molar-refractivity contribution in [1.29, 1.82) is 0 Å². The van der Waals surface area contributed by atoms with Crippen LogP contribution in [0.3, 0.4) is 0 Å². The molecule has 0 radical (unpaired) electrons. The van der Waals surface area contributed by atoms with Crippen molar-refractivity contribution in [2.75, 3.05) is 5.73 Å². The van der Waals surface area contributed by atoms with Crippen LogP contribution in [0.4, 0.5) is 10.2 Å². The van der Waals surface area contributed by atoms with Crippen LogP contribution in [0.2, 0.25) is 10.0 Å². The van der Waals surface area contributed by atoms with Crippen molar-refractivity contribution in [3.8, 4) is 5.75 Å². The van der Waals surface area contributed by atoms with Crippen molar-refractivity contribution in [1.82, 2.24) is 4.98 Å². The van der Waals surface area contributed by atoms with Crippen molar-refractivity contribution >= 4 is 60.9 Å². The van der Waals surface area contributed by atoms with E-state index in [1.54, 1.807) is 19.2 Å². The van der Waals surface area contributed by atoms with E-state index in [2.05, 4.69) is 36.8 Å². The molecule has 2 N–H and O–H groups in total. The maximum absolute atomic E-state index is 13.7. The van der Waals surface area contributed by atoms with Crippen LogP contribution in [0.5, 0.6) is 5.75 Å². The van der Waals surface area contributed by atoms with Crippen molar-refractivity contribution in [2.24, 2.45) is 0 Å². The fourth-order valence-electron chi connectivity index (χ4n) is 1.72. The van der Waals surface area contributed by atoms with Gasteiger partial charge in [0.1, 0.15) is 11.9 Å². The fraction of sp³-hybridized carbons (Fsp3) is 0.154. The zero-order valence-electron chi connectivity index (χ0n) is 10.6. The Kier molecular flexibility index (Phi) is 5.35. The number of ether oxygens (including phenoxy) is 1. The highest BCUT2D eigenvalue weighted by Crippen LogP contribution is 2.40. The van der Waals surface area contributed by atoms with Gasteiger partial charge in [0.25, 0.3) is 0 Å². The first-order chi connectivity index (χ1) is 9.81. The van der Waals surface area contributed by atoms with Crippen LogP contribution in [0.1, 0.15) is 18.6 Å². The molecule has 0 fully saturated rings. The topological polar surface area (TPSA) is 48.1 Å². The summed E-state index contributed by atoms with van der Waals surface area (Å²) in [5, 5.41) is 0.202. The molecule has 0 spiro atoms. The summed E-state index contributed by atoms with van der Waals surface area (Å²) >= 11 is 18.6. The lowest BCUT2D eigenvalue weighted by Crippen LogP contribution is -2.08. The van der Waals surface area contributed by atoms with Gasteiger partial charge in [0, 0.05) is 20.7 Å². The summed E-state index contributed by atoms with van der Waals surface area (Å²) in [6.07, 6.45) is 0.932. The Morgan fingerprint density at radius 3 is 2.62 bits per heavy atom. The molecule has 0 saturated heterocycles. The van der Waals surface area contributed by atoms with Crippen molar-refractivity contribution in [2.45, 2.75) is 13.0 Å². The Bertz CT molecular complexity index is 674. The van der Waals surface area contributed by atoms with E-state index < -0.39 is 11.9 Å². The normalized spacial score (nSPS) is 12.3. The molecule has 1 aromatic carbocycles. The smallest absolute Gasteiger partial charge is 0.166 e. The number of hydrogen-bond donors (Lipinski definition) is 1. The van der Waals surface area contributed by atoms with E-state index in [-0.39, 0.29) is 15.9 Å². The Hall–Kier alpha value is -0.560. The number of pyridine rings is 1. The van der Waals surface area contributed by atoms with E-state index >= 15 is 0 Å². The maximum atomic E-state index is 13.7. The molecule has 112 valence electrons. The molecule has 8 heteroatoms. The highest BCUT2D eigenvalue weighted by Gasteiger charge is 2.22. The minimum Gasteiger partial charge on any atom is -0.482 e. The number of nitrogens with two attached hydrogens (primary N) is 1. The van der Waals surface area contributed by atoms with Gasteiger partial charge in [0.05, 0.1) is 10.0 Å². The van der Waals surface area contributed by atoms with Gasteiger partial charge in [-0.2, -0.15) is 0 Å². The molecule has 1 aromatic heterocycles. The van der Waals surface area contributed by atoms with Gasteiger partial charge in [-0.05, 0) is 50.9 Å². The third-order valence-corrected chi connectivity index (χ3v) is 4.78. The van der Waals surface area contributed by atoms with Crippen LogP contribution in [-0.4, -0.2) is 4.98 Å². The SMILES string of the molecule is CC(Oc1cc(Br)cnc1N)c1c(Cl)c(F)cc(Br)c1Cl. The van der Waals surface area contributed by atoms with E-state index in [1.807, 2.05) is 0 Å². The van der Waals surface area contributed by atoms with Gasteiger partial charge in [-0.1, -0.05) is 23.2 Å². The molecule has 1 atom stereocenters. The molecule has 1 unspecified atom stereocenters. The second kappa shape index (κ2) is 6.69. The van der Waals surface area contributed by atoms with E-state index in [9.17, 15) is 4.39 Å². The van der Waals surface area contributed by atoms with Crippen LogP contribution in [0.25, 0.3) is 0 Å². The zero-order chi connectivity index (χ0) is 15.7. The molecule has 21 heavy (non-hydrogen) atoms. The molecule has 0 aliphatic carbocycles. The molecular weight excluding hydrogens is 450 g/mol. The quantitative estimate of drug-likeness (QED) is 0.593. The molecule has 0 aliphatic heterocycles. The average molecular weight is 459 g/mol. The van der Waals surface area contributed by atoms with Gasteiger partial charge in [0.15, 0.2) is 11.6 Å². The van der Waals surface area contributed by atoms with E-state index in [0.29, 0.717) is 20.3 Å². The Morgan fingerprint density at radius 2 is 1.95 bits per heavy atom. The van der Waals surface area contributed by atoms with Crippen molar-refractivity contribution < 1.29 is 9.13 Å². The average Bonchev–Trinajstić information content (AvgIpc) is 2.41. The molecule has 0 aliphatic rings. The third-order valence-electron chi connectivity index (χ3n) is 2.70. The van der Waals surface area contributed by atoms with Crippen molar-refractivity contribution in [3.63, 3.8) is 0 Å². The molecule has 3 nitrogen and oxygen atoms in total. The first-order valence-electron chi connectivity index (χ1n) is 5.71. The van der Waals surface area contributed by atoms with Gasteiger partial charge in [-0.3, -0.25) is 0 Å². The van der Waals surface area contributed by atoms with Crippen LogP contribution in [-0.2, 0) is 0 Å². The number of rotatable bonds is 3. The summed E-state index contributed by atoms with van der Waals surface area (Å²) in [6.45, 7) is 1.69. The number of nitrogen functional groups attached to an aromatic ring is 1. The first kappa shape index (κ1) is 16.8. The lowest BCUT2D eigenvalue weighted by atomic mass is 10.1. The van der Waals surface area contributed by atoms with Gasteiger partial charge >= 0.3 is 0 Å². The fourth-order valence-corrected chi connectivity index (χ4v) is 3.10. The van der Waals surface area contributed by atoms with Gasteiger partial charge < -0.3 is 10.5 Å². The summed E-state index contributed by atoms with van der Waals surface area (Å²) < 4.78 is 20.6. The molecular formula is C13H9Br2Cl2FN2O. The molecule has 0 bridgehead atoms.